The summed E-state index contributed by atoms with van der Waals surface area (Å²) in [5, 5.41) is 13.1. The number of carbonyl (C=O) groups is 1. The molecule has 0 unspecified atom stereocenters. The van der Waals surface area contributed by atoms with E-state index in [0.717, 1.165) is 37.1 Å². The van der Waals surface area contributed by atoms with Crippen molar-refractivity contribution in [2.75, 3.05) is 18.4 Å². The number of hydrogen-bond donors (Lipinski definition) is 3. The molecular weight excluding hydrogens is 302 g/mol. The van der Waals surface area contributed by atoms with E-state index in [0.29, 0.717) is 12.6 Å². The Hall–Kier alpha value is -1.10. The first-order valence-electron chi connectivity index (χ1n) is 6.31. The summed E-state index contributed by atoms with van der Waals surface area (Å²) in [5.74, 6) is -0.314. The highest BCUT2D eigenvalue weighted by molar-refractivity contribution is 7.91. The van der Waals surface area contributed by atoms with Crippen LogP contribution in [0.1, 0.15) is 26.2 Å². The van der Waals surface area contributed by atoms with E-state index in [9.17, 15) is 13.2 Å². The molecule has 1 aliphatic heterocycles. The van der Waals surface area contributed by atoms with E-state index in [1.54, 1.807) is 0 Å². The normalized spacial score (nSPS) is 19.1. The van der Waals surface area contributed by atoms with Crippen LogP contribution in [0.3, 0.4) is 0 Å². The average Bonchev–Trinajstić information content (AvgIpc) is 2.99. The Kier molecular flexibility index (Phi) is 5.02. The first-order chi connectivity index (χ1) is 9.47. The fourth-order valence-corrected chi connectivity index (χ4v) is 3.99. The number of anilines is 1. The van der Waals surface area contributed by atoms with Crippen LogP contribution in [0.25, 0.3) is 0 Å². The van der Waals surface area contributed by atoms with Crippen LogP contribution in [0.15, 0.2) is 4.34 Å². The lowest BCUT2D eigenvalue weighted by Crippen LogP contribution is -2.30. The Balaban J connectivity index is 1.88. The molecule has 0 saturated carbocycles. The summed E-state index contributed by atoms with van der Waals surface area (Å²) in [4.78, 5) is 10.8. The zero-order valence-corrected chi connectivity index (χ0v) is 12.7. The van der Waals surface area contributed by atoms with Crippen LogP contribution in [-0.2, 0) is 14.8 Å². The summed E-state index contributed by atoms with van der Waals surface area (Å²) >= 11 is 0.831. The number of nitrogens with zero attached hydrogens (tertiary/aromatic N) is 2. The first-order valence-corrected chi connectivity index (χ1v) is 8.61. The van der Waals surface area contributed by atoms with Crippen LogP contribution in [0, 0.1) is 0 Å². The van der Waals surface area contributed by atoms with Crippen molar-refractivity contribution < 1.29 is 13.2 Å². The van der Waals surface area contributed by atoms with Gasteiger partial charge >= 0.3 is 0 Å². The van der Waals surface area contributed by atoms with Gasteiger partial charge in [0.15, 0.2) is 0 Å². The maximum Gasteiger partial charge on any atom is 0.269 e. The molecule has 1 saturated heterocycles. The van der Waals surface area contributed by atoms with Crippen molar-refractivity contribution >= 4 is 32.4 Å². The molecule has 0 spiro atoms. The van der Waals surface area contributed by atoms with Crippen LogP contribution in [0.4, 0.5) is 5.13 Å². The van der Waals surface area contributed by atoms with Crippen LogP contribution in [0.5, 0.6) is 0 Å². The van der Waals surface area contributed by atoms with Crippen molar-refractivity contribution in [2.24, 2.45) is 0 Å². The fraction of sp³-hybridized carbons (Fsp3) is 0.700. The maximum atomic E-state index is 12.0. The molecule has 1 fully saturated rings. The van der Waals surface area contributed by atoms with Crippen molar-refractivity contribution in [3.63, 3.8) is 0 Å². The van der Waals surface area contributed by atoms with E-state index in [1.165, 1.54) is 6.92 Å². The quantitative estimate of drug-likeness (QED) is 0.632. The van der Waals surface area contributed by atoms with E-state index in [-0.39, 0.29) is 15.4 Å². The van der Waals surface area contributed by atoms with Crippen LogP contribution >= 0.6 is 11.3 Å². The monoisotopic (exact) mass is 319 g/mol. The average molecular weight is 319 g/mol. The minimum Gasteiger partial charge on any atom is -0.314 e. The van der Waals surface area contributed by atoms with Gasteiger partial charge in [0, 0.05) is 19.5 Å². The fourth-order valence-electron chi connectivity index (χ4n) is 1.95. The van der Waals surface area contributed by atoms with E-state index in [2.05, 4.69) is 25.6 Å². The zero-order chi connectivity index (χ0) is 14.6. The summed E-state index contributed by atoms with van der Waals surface area (Å²) in [5.41, 5.74) is 0. The second kappa shape index (κ2) is 6.57. The summed E-state index contributed by atoms with van der Waals surface area (Å²) in [6, 6.07) is 0.377. The minimum atomic E-state index is -3.65. The standard InChI is InChI=1S/C10H17N5O3S2/c1-7(16)13-9-14-15-10(19-9)20(17,18)12-6-4-8-3-2-5-11-8/h8,11-12H,2-6H2,1H3,(H,13,14,16)/t8-/m1/s1. The lowest BCUT2D eigenvalue weighted by molar-refractivity contribution is -0.114. The Labute approximate surface area is 121 Å². The zero-order valence-electron chi connectivity index (χ0n) is 11.0. The highest BCUT2D eigenvalue weighted by Crippen LogP contribution is 2.19. The van der Waals surface area contributed by atoms with Gasteiger partial charge in [-0.15, -0.1) is 10.2 Å². The number of carbonyl (C=O) groups excluding carboxylic acids is 1. The molecule has 1 aromatic heterocycles. The van der Waals surface area contributed by atoms with Crippen molar-refractivity contribution in [2.45, 2.75) is 36.6 Å². The molecule has 1 atom stereocenters. The molecular formula is C10H17N5O3S2. The Morgan fingerprint density at radius 1 is 1.50 bits per heavy atom. The molecule has 0 radical (unpaired) electrons. The first kappa shape index (κ1) is 15.3. The minimum absolute atomic E-state index is 0.138. The SMILES string of the molecule is CC(=O)Nc1nnc(S(=O)(=O)NCC[C@H]2CCCN2)s1. The Bertz CT molecular complexity index is 565. The number of nitrogens with one attached hydrogen (secondary N) is 3. The molecule has 1 aliphatic rings. The lowest BCUT2D eigenvalue weighted by atomic mass is 10.2. The number of amides is 1. The van der Waals surface area contributed by atoms with Gasteiger partial charge < -0.3 is 10.6 Å². The summed E-state index contributed by atoms with van der Waals surface area (Å²) in [6.07, 6.45) is 2.96. The number of aromatic nitrogens is 2. The molecule has 0 aromatic carbocycles. The van der Waals surface area contributed by atoms with Gasteiger partial charge in [0.2, 0.25) is 15.4 Å². The number of sulfonamides is 1. The van der Waals surface area contributed by atoms with E-state index < -0.39 is 10.0 Å². The smallest absolute Gasteiger partial charge is 0.269 e. The Morgan fingerprint density at radius 2 is 2.30 bits per heavy atom. The summed E-state index contributed by atoms with van der Waals surface area (Å²) in [6.45, 7) is 2.67. The highest BCUT2D eigenvalue weighted by Gasteiger charge is 2.21. The van der Waals surface area contributed by atoms with Gasteiger partial charge in [0.05, 0.1) is 0 Å². The second-order valence-corrected chi connectivity index (χ2v) is 7.45. The topological polar surface area (TPSA) is 113 Å². The van der Waals surface area contributed by atoms with E-state index in [4.69, 9.17) is 0 Å². The van der Waals surface area contributed by atoms with Crippen molar-refractivity contribution in [3.05, 3.63) is 0 Å². The van der Waals surface area contributed by atoms with E-state index >= 15 is 0 Å². The van der Waals surface area contributed by atoms with Gasteiger partial charge in [0.1, 0.15) is 0 Å². The maximum absolute atomic E-state index is 12.0. The largest absolute Gasteiger partial charge is 0.314 e. The molecule has 1 amide bonds. The van der Waals surface area contributed by atoms with Crippen LogP contribution in [0.2, 0.25) is 0 Å². The summed E-state index contributed by atoms with van der Waals surface area (Å²) in [7, 11) is -3.65. The predicted octanol–water partition coefficient (Wildman–Crippen LogP) is -0.0831. The molecule has 1 aromatic rings. The van der Waals surface area contributed by atoms with Gasteiger partial charge in [-0.25, -0.2) is 13.1 Å². The van der Waals surface area contributed by atoms with Gasteiger partial charge in [-0.2, -0.15) is 0 Å². The highest BCUT2D eigenvalue weighted by atomic mass is 32.2. The third kappa shape index (κ3) is 4.20. The Morgan fingerprint density at radius 3 is 2.95 bits per heavy atom. The van der Waals surface area contributed by atoms with Crippen LogP contribution < -0.4 is 15.4 Å². The molecule has 10 heteroatoms. The van der Waals surface area contributed by atoms with Gasteiger partial charge in [-0.05, 0) is 25.8 Å². The molecule has 3 N–H and O–H groups in total. The summed E-state index contributed by atoms with van der Waals surface area (Å²) < 4.78 is 26.3. The molecule has 8 nitrogen and oxygen atoms in total. The number of hydrogen-bond acceptors (Lipinski definition) is 7. The van der Waals surface area contributed by atoms with Gasteiger partial charge in [0.25, 0.3) is 10.0 Å². The van der Waals surface area contributed by atoms with Crippen molar-refractivity contribution in [1.29, 1.82) is 0 Å². The molecule has 0 aliphatic carbocycles. The van der Waals surface area contributed by atoms with Gasteiger partial charge in [-0.3, -0.25) is 4.79 Å². The van der Waals surface area contributed by atoms with Crippen molar-refractivity contribution in [3.8, 4) is 0 Å². The number of rotatable bonds is 6. The second-order valence-electron chi connectivity index (χ2n) is 4.53. The van der Waals surface area contributed by atoms with Crippen LogP contribution in [-0.4, -0.2) is 43.7 Å². The molecule has 20 heavy (non-hydrogen) atoms. The van der Waals surface area contributed by atoms with Gasteiger partial charge in [-0.1, -0.05) is 11.3 Å². The third-order valence-corrected chi connectivity index (χ3v) is 5.53. The third-order valence-electron chi connectivity index (χ3n) is 2.87. The molecule has 2 rings (SSSR count). The van der Waals surface area contributed by atoms with Crippen molar-refractivity contribution in [1.82, 2.24) is 20.2 Å². The lowest BCUT2D eigenvalue weighted by Gasteiger charge is -2.09. The predicted molar refractivity (Wildman–Crippen MR) is 75.0 cm³/mol. The van der Waals surface area contributed by atoms with E-state index in [1.807, 2.05) is 0 Å². The molecule has 0 bridgehead atoms. The molecule has 112 valence electrons. The molecule has 2 heterocycles.